The van der Waals surface area contributed by atoms with Crippen LogP contribution in [0.15, 0.2) is 4.99 Å². The van der Waals surface area contributed by atoms with E-state index in [-0.39, 0.29) is 5.54 Å². The van der Waals surface area contributed by atoms with E-state index in [0.29, 0.717) is 12.0 Å². The van der Waals surface area contributed by atoms with Gasteiger partial charge in [0.25, 0.3) is 0 Å². The molecule has 0 bridgehead atoms. The van der Waals surface area contributed by atoms with Crippen molar-refractivity contribution in [2.45, 2.75) is 44.7 Å². The van der Waals surface area contributed by atoms with Gasteiger partial charge in [-0.25, -0.2) is 0 Å². The predicted molar refractivity (Wildman–Crippen MR) is 111 cm³/mol. The molecule has 2 aliphatic rings. The molecule has 0 aliphatic carbocycles. The van der Waals surface area contributed by atoms with E-state index in [4.69, 9.17) is 9.47 Å². The van der Waals surface area contributed by atoms with Crippen molar-refractivity contribution in [2.75, 3.05) is 73.7 Å². The molecule has 27 heavy (non-hydrogen) atoms. The number of ether oxygens (including phenoxy) is 2. The Morgan fingerprint density at radius 3 is 2.26 bits per heavy atom. The summed E-state index contributed by atoms with van der Waals surface area (Å²) in [5, 5.41) is 7.15. The second-order valence-electron chi connectivity index (χ2n) is 8.47. The van der Waals surface area contributed by atoms with Crippen LogP contribution in [0.1, 0.15) is 33.1 Å². The van der Waals surface area contributed by atoms with Crippen molar-refractivity contribution < 1.29 is 9.47 Å². The molecule has 2 aliphatic heterocycles. The van der Waals surface area contributed by atoms with Crippen molar-refractivity contribution in [3.05, 3.63) is 0 Å². The normalized spacial score (nSPS) is 22.9. The summed E-state index contributed by atoms with van der Waals surface area (Å²) in [7, 11) is 6.19. The van der Waals surface area contributed by atoms with Crippen LogP contribution in [0.5, 0.6) is 0 Å². The summed E-state index contributed by atoms with van der Waals surface area (Å²) in [5.41, 5.74) is 0.136. The van der Waals surface area contributed by atoms with Crippen LogP contribution in [0.3, 0.4) is 0 Å². The van der Waals surface area contributed by atoms with E-state index in [1.165, 1.54) is 6.42 Å². The molecule has 7 nitrogen and oxygen atoms in total. The molecule has 0 saturated carbocycles. The third-order valence-electron chi connectivity index (χ3n) is 5.99. The first-order valence-corrected chi connectivity index (χ1v) is 10.5. The van der Waals surface area contributed by atoms with Gasteiger partial charge in [-0.2, -0.15) is 0 Å². The zero-order chi connectivity index (χ0) is 19.7. The molecule has 2 saturated heterocycles. The molecule has 0 aromatic heterocycles. The van der Waals surface area contributed by atoms with Gasteiger partial charge in [0, 0.05) is 58.0 Å². The monoisotopic (exact) mass is 383 g/mol. The second kappa shape index (κ2) is 11.2. The zero-order valence-electron chi connectivity index (χ0n) is 18.1. The number of hydrogen-bond donors (Lipinski definition) is 2. The number of morpholine rings is 1. The van der Waals surface area contributed by atoms with Gasteiger partial charge in [0.05, 0.1) is 13.2 Å². The zero-order valence-corrected chi connectivity index (χ0v) is 18.1. The Morgan fingerprint density at radius 1 is 1.07 bits per heavy atom. The van der Waals surface area contributed by atoms with Gasteiger partial charge in [-0.15, -0.1) is 0 Å². The number of hydrogen-bond acceptors (Lipinski definition) is 5. The molecule has 2 rings (SSSR count). The number of guanidine groups is 1. The fourth-order valence-corrected chi connectivity index (χ4v) is 4.07. The highest BCUT2D eigenvalue weighted by Crippen LogP contribution is 2.25. The summed E-state index contributed by atoms with van der Waals surface area (Å²) in [5.74, 6) is 1.57. The Kier molecular flexibility index (Phi) is 9.29. The Balaban J connectivity index is 1.88. The summed E-state index contributed by atoms with van der Waals surface area (Å²) < 4.78 is 11.1. The first kappa shape index (κ1) is 22.4. The largest absolute Gasteiger partial charge is 0.381 e. The lowest BCUT2D eigenvalue weighted by Gasteiger charge is -2.43. The van der Waals surface area contributed by atoms with Crippen molar-refractivity contribution in [3.8, 4) is 0 Å². The molecular weight excluding hydrogens is 342 g/mol. The average molecular weight is 384 g/mol. The number of rotatable bonds is 8. The van der Waals surface area contributed by atoms with Crippen molar-refractivity contribution in [1.29, 1.82) is 0 Å². The van der Waals surface area contributed by atoms with Gasteiger partial charge in [0.1, 0.15) is 0 Å². The highest BCUT2D eigenvalue weighted by molar-refractivity contribution is 5.79. The predicted octanol–water partition coefficient (Wildman–Crippen LogP) is 1.01. The van der Waals surface area contributed by atoms with E-state index < -0.39 is 0 Å². The lowest BCUT2D eigenvalue weighted by Crippen LogP contribution is -2.58. The summed E-state index contributed by atoms with van der Waals surface area (Å²) in [6.07, 6.45) is 3.28. The highest BCUT2D eigenvalue weighted by Gasteiger charge is 2.35. The van der Waals surface area contributed by atoms with Crippen LogP contribution >= 0.6 is 0 Å². The first-order valence-electron chi connectivity index (χ1n) is 10.5. The molecule has 2 N–H and O–H groups in total. The fourth-order valence-electron chi connectivity index (χ4n) is 4.07. The van der Waals surface area contributed by atoms with E-state index >= 15 is 0 Å². The lowest BCUT2D eigenvalue weighted by molar-refractivity contribution is -0.00508. The Morgan fingerprint density at radius 2 is 1.70 bits per heavy atom. The smallest absolute Gasteiger partial charge is 0.191 e. The highest BCUT2D eigenvalue weighted by atomic mass is 16.5. The minimum Gasteiger partial charge on any atom is -0.381 e. The quantitative estimate of drug-likeness (QED) is 0.482. The minimum atomic E-state index is 0.136. The van der Waals surface area contributed by atoms with E-state index in [2.05, 4.69) is 53.4 Å². The molecule has 1 atom stereocenters. The molecule has 0 aromatic rings. The van der Waals surface area contributed by atoms with E-state index in [1.54, 1.807) is 0 Å². The molecule has 0 spiro atoms. The van der Waals surface area contributed by atoms with Crippen LogP contribution in [0.25, 0.3) is 0 Å². The van der Waals surface area contributed by atoms with Gasteiger partial charge in [0.15, 0.2) is 5.96 Å². The van der Waals surface area contributed by atoms with Gasteiger partial charge < -0.3 is 25.0 Å². The summed E-state index contributed by atoms with van der Waals surface area (Å²) in [4.78, 5) is 9.36. The molecule has 0 radical (unpaired) electrons. The topological polar surface area (TPSA) is 61.4 Å². The second-order valence-corrected chi connectivity index (χ2v) is 8.47. The molecule has 0 amide bonds. The van der Waals surface area contributed by atoms with Crippen LogP contribution in [0, 0.1) is 5.92 Å². The van der Waals surface area contributed by atoms with Gasteiger partial charge in [0.2, 0.25) is 0 Å². The van der Waals surface area contributed by atoms with E-state index in [9.17, 15) is 0 Å². The first-order chi connectivity index (χ1) is 13.0. The van der Waals surface area contributed by atoms with Crippen LogP contribution in [-0.2, 0) is 9.47 Å². The summed E-state index contributed by atoms with van der Waals surface area (Å²) >= 11 is 0. The molecule has 2 fully saturated rings. The summed E-state index contributed by atoms with van der Waals surface area (Å²) in [6, 6.07) is 0.512. The molecule has 2 heterocycles. The van der Waals surface area contributed by atoms with Crippen molar-refractivity contribution in [3.63, 3.8) is 0 Å². The molecule has 0 aromatic carbocycles. The Bertz CT molecular complexity index is 444. The maximum atomic E-state index is 5.58. The third kappa shape index (κ3) is 6.89. The molecular formula is C20H41N5O2. The summed E-state index contributed by atoms with van der Waals surface area (Å²) in [6.45, 7) is 11.8. The number of likely N-dealkylation sites (N-methyl/N-ethyl adjacent to an activating group) is 1. The number of nitrogens with zero attached hydrogens (tertiary/aromatic N) is 3. The van der Waals surface area contributed by atoms with Crippen molar-refractivity contribution in [1.82, 2.24) is 20.4 Å². The van der Waals surface area contributed by atoms with Gasteiger partial charge in [-0.1, -0.05) is 13.8 Å². The van der Waals surface area contributed by atoms with E-state index in [0.717, 1.165) is 71.4 Å². The Hall–Kier alpha value is -0.890. The number of aliphatic imine (C=N–C) groups is 1. The van der Waals surface area contributed by atoms with Crippen molar-refractivity contribution in [2.24, 2.45) is 10.9 Å². The SMILES string of the molecule is CN=C(NCC(CC(C)C)N1CCOCC1)NCC1(N(C)C)CCOCC1. The molecule has 1 unspecified atom stereocenters. The average Bonchev–Trinajstić information content (AvgIpc) is 2.68. The van der Waals surface area contributed by atoms with Crippen molar-refractivity contribution >= 4 is 5.96 Å². The van der Waals surface area contributed by atoms with Crippen LogP contribution in [0.2, 0.25) is 0 Å². The maximum Gasteiger partial charge on any atom is 0.191 e. The van der Waals surface area contributed by atoms with Gasteiger partial charge in [-0.3, -0.25) is 9.89 Å². The third-order valence-corrected chi connectivity index (χ3v) is 5.99. The van der Waals surface area contributed by atoms with Crippen LogP contribution < -0.4 is 10.6 Å². The van der Waals surface area contributed by atoms with Crippen LogP contribution in [-0.4, -0.2) is 101 Å². The maximum absolute atomic E-state index is 5.58. The van der Waals surface area contributed by atoms with Crippen LogP contribution in [0.4, 0.5) is 0 Å². The number of nitrogens with one attached hydrogen (secondary N) is 2. The molecule has 7 heteroatoms. The lowest BCUT2D eigenvalue weighted by atomic mass is 9.88. The fraction of sp³-hybridized carbons (Fsp3) is 0.950. The van der Waals surface area contributed by atoms with E-state index in [1.807, 2.05) is 7.05 Å². The standard InChI is InChI=1S/C20H41N5O2/c1-17(2)14-18(25-8-12-27-13-9-25)15-22-19(21-3)23-16-20(24(4)5)6-10-26-11-7-20/h17-18H,6-16H2,1-5H3,(H2,21,22,23). The van der Waals surface area contributed by atoms with Gasteiger partial charge >= 0.3 is 0 Å². The molecule has 158 valence electrons. The Labute approximate surface area is 165 Å². The minimum absolute atomic E-state index is 0.136. The van der Waals surface area contributed by atoms with Gasteiger partial charge in [-0.05, 0) is 39.3 Å².